The Morgan fingerprint density at radius 2 is 1.76 bits per heavy atom. The van der Waals surface area contributed by atoms with Gasteiger partial charge in [0.05, 0.1) is 6.10 Å². The molecule has 0 N–H and O–H groups in total. The van der Waals surface area contributed by atoms with E-state index in [0.717, 1.165) is 48.0 Å². The molecule has 0 radical (unpaired) electrons. The summed E-state index contributed by atoms with van der Waals surface area (Å²) in [7, 11) is 0. The summed E-state index contributed by atoms with van der Waals surface area (Å²) < 4.78 is 7.73. The number of halogens is 1. The summed E-state index contributed by atoms with van der Waals surface area (Å²) in [6, 6.07) is 0. The average Bonchev–Trinajstić information content (AvgIpc) is 3.23. The van der Waals surface area contributed by atoms with E-state index in [1.165, 1.54) is 87.9 Å². The van der Waals surface area contributed by atoms with Crippen LogP contribution < -0.4 is 0 Å². The van der Waals surface area contributed by atoms with Gasteiger partial charge in [-0.25, -0.2) is 0 Å². The normalized spacial score (nSPS) is 39.2. The zero-order valence-electron chi connectivity index (χ0n) is 25.2. The second kappa shape index (κ2) is 13.2. The SMILES string of the molecule is CC[C@H](C=C[C@@H](C)[C@H]1CC[C@H]2[C@@H]3CC=C4C[C@@H](OCCCCCCI)CC[C@]4(C)[C@H]3CC[C@]12C)C(C)C. The molecule has 4 aliphatic carbocycles. The molecule has 3 saturated carbocycles. The summed E-state index contributed by atoms with van der Waals surface area (Å²) >= 11 is 2.50. The Labute approximate surface area is 244 Å². The van der Waals surface area contributed by atoms with Crippen LogP contribution in [0.5, 0.6) is 0 Å². The predicted molar refractivity (Wildman–Crippen MR) is 169 cm³/mol. The Bertz CT molecular complexity index is 784. The predicted octanol–water partition coefficient (Wildman–Crippen LogP) is 10.8. The average molecular weight is 623 g/mol. The first-order chi connectivity index (χ1) is 17.7. The number of alkyl halides is 1. The molecule has 0 aromatic rings. The van der Waals surface area contributed by atoms with Gasteiger partial charge in [0.2, 0.25) is 0 Å². The van der Waals surface area contributed by atoms with E-state index in [9.17, 15) is 0 Å². The van der Waals surface area contributed by atoms with Gasteiger partial charge in [-0.1, -0.05) is 101 Å². The lowest BCUT2D eigenvalue weighted by Crippen LogP contribution is -2.51. The first kappa shape index (κ1) is 30.1. The second-order valence-electron chi connectivity index (χ2n) is 14.4. The van der Waals surface area contributed by atoms with Crippen LogP contribution in [0.25, 0.3) is 0 Å². The number of hydrogen-bond acceptors (Lipinski definition) is 1. The second-order valence-corrected chi connectivity index (χ2v) is 15.5. The van der Waals surface area contributed by atoms with Crippen molar-refractivity contribution in [2.75, 3.05) is 11.0 Å². The summed E-state index contributed by atoms with van der Waals surface area (Å²) in [4.78, 5) is 0. The maximum absolute atomic E-state index is 6.43. The summed E-state index contributed by atoms with van der Waals surface area (Å²) in [6.07, 6.45) is 26.1. The Hall–Kier alpha value is 0.170. The van der Waals surface area contributed by atoms with E-state index >= 15 is 0 Å². The summed E-state index contributed by atoms with van der Waals surface area (Å²) in [5.74, 6) is 5.86. The van der Waals surface area contributed by atoms with Crippen LogP contribution in [0.1, 0.15) is 125 Å². The summed E-state index contributed by atoms with van der Waals surface area (Å²) in [5, 5.41) is 0. The molecule has 212 valence electrons. The van der Waals surface area contributed by atoms with E-state index in [1.54, 1.807) is 5.57 Å². The van der Waals surface area contributed by atoms with Crippen LogP contribution in [0, 0.1) is 52.3 Å². The van der Waals surface area contributed by atoms with Gasteiger partial charge >= 0.3 is 0 Å². The van der Waals surface area contributed by atoms with Gasteiger partial charge in [0, 0.05) is 6.61 Å². The number of ether oxygens (including phenoxy) is 1. The molecule has 4 rings (SSSR count). The van der Waals surface area contributed by atoms with Crippen molar-refractivity contribution in [3.63, 3.8) is 0 Å². The van der Waals surface area contributed by atoms with Crippen molar-refractivity contribution in [1.82, 2.24) is 0 Å². The van der Waals surface area contributed by atoms with Crippen molar-refractivity contribution in [1.29, 1.82) is 0 Å². The van der Waals surface area contributed by atoms with Crippen molar-refractivity contribution >= 4 is 22.6 Å². The quantitative estimate of drug-likeness (QED) is 0.0911. The van der Waals surface area contributed by atoms with Crippen LogP contribution >= 0.6 is 22.6 Å². The molecule has 1 nitrogen and oxygen atoms in total. The van der Waals surface area contributed by atoms with Crippen LogP contribution in [0.4, 0.5) is 0 Å². The van der Waals surface area contributed by atoms with Crippen molar-refractivity contribution < 1.29 is 4.74 Å². The van der Waals surface area contributed by atoms with Gasteiger partial charge in [0.1, 0.15) is 0 Å². The minimum absolute atomic E-state index is 0.444. The zero-order chi connectivity index (χ0) is 26.6. The van der Waals surface area contributed by atoms with Gasteiger partial charge in [0.25, 0.3) is 0 Å². The van der Waals surface area contributed by atoms with Gasteiger partial charge in [-0.15, -0.1) is 0 Å². The molecule has 0 aromatic carbocycles. The third kappa shape index (κ3) is 6.41. The number of allylic oxidation sites excluding steroid dienone is 3. The minimum Gasteiger partial charge on any atom is -0.378 e. The molecular formula is C35H59IO. The van der Waals surface area contributed by atoms with Crippen LogP contribution in [0.3, 0.4) is 0 Å². The van der Waals surface area contributed by atoms with Crippen LogP contribution in [-0.4, -0.2) is 17.1 Å². The molecule has 3 fully saturated rings. The number of hydrogen-bond donors (Lipinski definition) is 0. The highest BCUT2D eigenvalue weighted by molar-refractivity contribution is 14.1. The molecule has 4 aliphatic rings. The minimum atomic E-state index is 0.444. The molecular weight excluding hydrogens is 563 g/mol. The standard InChI is InChI=1S/C35H59IO/c1-7-27(25(2)3)13-12-26(4)31-16-17-32-30-15-14-28-24-29(37-23-11-9-8-10-22-36)18-20-34(28,5)33(30)19-21-35(31,32)6/h12-14,25-27,29-33H,7-11,15-24H2,1-6H3/t26-,27-,29+,30+,31-,32+,33+,34+,35-/m1/s1. The van der Waals surface area contributed by atoms with Gasteiger partial charge < -0.3 is 4.74 Å². The van der Waals surface area contributed by atoms with E-state index in [-0.39, 0.29) is 0 Å². The Morgan fingerprint density at radius 1 is 0.973 bits per heavy atom. The molecule has 2 heteroatoms. The Morgan fingerprint density at radius 3 is 2.49 bits per heavy atom. The molecule has 0 bridgehead atoms. The molecule has 0 saturated heterocycles. The lowest BCUT2D eigenvalue weighted by atomic mass is 9.47. The van der Waals surface area contributed by atoms with E-state index in [4.69, 9.17) is 4.74 Å². The van der Waals surface area contributed by atoms with Gasteiger partial charge in [-0.05, 0) is 127 Å². The molecule has 0 aromatic heterocycles. The molecule has 0 unspecified atom stereocenters. The van der Waals surface area contributed by atoms with Crippen molar-refractivity contribution in [3.8, 4) is 0 Å². The molecule has 37 heavy (non-hydrogen) atoms. The van der Waals surface area contributed by atoms with Gasteiger partial charge in [-0.2, -0.15) is 0 Å². The van der Waals surface area contributed by atoms with E-state index in [0.29, 0.717) is 16.9 Å². The lowest BCUT2D eigenvalue weighted by Gasteiger charge is -2.58. The maximum Gasteiger partial charge on any atom is 0.0612 e. The fourth-order valence-electron chi connectivity index (χ4n) is 9.76. The first-order valence-electron chi connectivity index (χ1n) is 16.3. The highest BCUT2D eigenvalue weighted by Gasteiger charge is 2.59. The largest absolute Gasteiger partial charge is 0.378 e. The highest BCUT2D eigenvalue weighted by atomic mass is 127. The van der Waals surface area contributed by atoms with E-state index < -0.39 is 0 Å². The van der Waals surface area contributed by atoms with Crippen molar-refractivity contribution in [2.24, 2.45) is 52.3 Å². The van der Waals surface area contributed by atoms with Crippen LogP contribution in [0.2, 0.25) is 0 Å². The topological polar surface area (TPSA) is 9.23 Å². The highest BCUT2D eigenvalue weighted by Crippen LogP contribution is 2.67. The van der Waals surface area contributed by atoms with Crippen molar-refractivity contribution in [3.05, 3.63) is 23.8 Å². The van der Waals surface area contributed by atoms with E-state index in [2.05, 4.69) is 82.4 Å². The van der Waals surface area contributed by atoms with Gasteiger partial charge in [-0.3, -0.25) is 0 Å². The Balaban J connectivity index is 1.37. The first-order valence-corrected chi connectivity index (χ1v) is 17.8. The fraction of sp³-hybridized carbons (Fsp3) is 0.886. The van der Waals surface area contributed by atoms with Crippen LogP contribution in [-0.2, 0) is 4.74 Å². The van der Waals surface area contributed by atoms with Crippen molar-refractivity contribution in [2.45, 2.75) is 131 Å². The van der Waals surface area contributed by atoms with Gasteiger partial charge in [0.15, 0.2) is 0 Å². The third-order valence-corrected chi connectivity index (χ3v) is 12.9. The summed E-state index contributed by atoms with van der Waals surface area (Å²) in [6.45, 7) is 16.0. The lowest BCUT2D eigenvalue weighted by molar-refractivity contribution is -0.0615. The molecule has 0 spiro atoms. The molecule has 0 aliphatic heterocycles. The molecule has 0 heterocycles. The number of rotatable bonds is 12. The smallest absolute Gasteiger partial charge is 0.0612 e. The Kier molecular flexibility index (Phi) is 10.8. The maximum atomic E-state index is 6.43. The zero-order valence-corrected chi connectivity index (χ0v) is 27.4. The van der Waals surface area contributed by atoms with E-state index in [1.807, 2.05) is 0 Å². The number of unbranched alkanes of at least 4 members (excludes halogenated alkanes) is 3. The number of fused-ring (bicyclic) bond motifs is 5. The third-order valence-electron chi connectivity index (χ3n) is 12.1. The molecule has 9 atom stereocenters. The molecule has 0 amide bonds. The monoisotopic (exact) mass is 622 g/mol. The summed E-state index contributed by atoms with van der Waals surface area (Å²) in [5.41, 5.74) is 2.77. The van der Waals surface area contributed by atoms with Crippen LogP contribution in [0.15, 0.2) is 23.8 Å². The fourth-order valence-corrected chi connectivity index (χ4v) is 10.3.